The van der Waals surface area contributed by atoms with Crippen molar-refractivity contribution >= 4 is 22.5 Å². The number of ether oxygens (including phenoxy) is 1. The van der Waals surface area contributed by atoms with E-state index in [1.165, 1.54) is 0 Å². The summed E-state index contributed by atoms with van der Waals surface area (Å²) < 4.78 is 5.46. The van der Waals surface area contributed by atoms with Gasteiger partial charge in [-0.1, -0.05) is 17.7 Å². The molecule has 0 aliphatic rings. The number of nitrogens with zero attached hydrogens (tertiary/aromatic N) is 2. The first-order valence-electron chi connectivity index (χ1n) is 6.00. The molecule has 0 aliphatic heterocycles. The van der Waals surface area contributed by atoms with Crippen molar-refractivity contribution in [3.63, 3.8) is 0 Å². The summed E-state index contributed by atoms with van der Waals surface area (Å²) in [7, 11) is 0. The third-order valence-electron chi connectivity index (χ3n) is 2.88. The van der Waals surface area contributed by atoms with Gasteiger partial charge in [0.15, 0.2) is 0 Å². The van der Waals surface area contributed by atoms with E-state index in [-0.39, 0.29) is 0 Å². The fourth-order valence-electron chi connectivity index (χ4n) is 1.99. The number of nitrogens with one attached hydrogen (secondary N) is 1. The molecule has 0 saturated heterocycles. The van der Waals surface area contributed by atoms with E-state index in [9.17, 15) is 0 Å². The van der Waals surface area contributed by atoms with E-state index in [0.29, 0.717) is 17.5 Å². The van der Waals surface area contributed by atoms with Gasteiger partial charge in [-0.05, 0) is 30.7 Å². The molecule has 5 heteroatoms. The van der Waals surface area contributed by atoms with Crippen molar-refractivity contribution in [2.75, 3.05) is 6.61 Å². The number of rotatable bonds is 3. The first kappa shape index (κ1) is 12.0. The minimum atomic E-state index is 0.464. The Kier molecular flexibility index (Phi) is 3.09. The molecular weight excluding hydrogens is 262 g/mol. The van der Waals surface area contributed by atoms with Crippen molar-refractivity contribution in [1.29, 1.82) is 0 Å². The van der Waals surface area contributed by atoms with E-state index in [4.69, 9.17) is 16.3 Å². The Morgan fingerprint density at radius 1 is 1.26 bits per heavy atom. The zero-order valence-electron chi connectivity index (χ0n) is 10.4. The summed E-state index contributed by atoms with van der Waals surface area (Å²) in [5, 5.41) is 8.43. The van der Waals surface area contributed by atoms with Crippen LogP contribution in [0.5, 0.6) is 5.75 Å². The van der Waals surface area contributed by atoms with Gasteiger partial charge in [0.1, 0.15) is 10.9 Å². The van der Waals surface area contributed by atoms with E-state index >= 15 is 0 Å². The van der Waals surface area contributed by atoms with Gasteiger partial charge in [0, 0.05) is 10.9 Å². The molecule has 1 N–H and O–H groups in total. The molecular formula is C14H12ClN3O. The van der Waals surface area contributed by atoms with Crippen LogP contribution >= 0.6 is 11.6 Å². The zero-order chi connectivity index (χ0) is 13.2. The average molecular weight is 274 g/mol. The fraction of sp³-hybridized carbons (Fsp3) is 0.143. The van der Waals surface area contributed by atoms with Crippen LogP contribution in [0.2, 0.25) is 5.15 Å². The van der Waals surface area contributed by atoms with Crippen LogP contribution in [0.4, 0.5) is 0 Å². The van der Waals surface area contributed by atoms with Crippen LogP contribution in [0.25, 0.3) is 22.0 Å². The Labute approximate surface area is 115 Å². The molecule has 19 heavy (non-hydrogen) atoms. The first-order chi connectivity index (χ1) is 9.28. The van der Waals surface area contributed by atoms with Gasteiger partial charge in [0.05, 0.1) is 24.5 Å². The Bertz CT molecular complexity index is 724. The molecule has 3 aromatic rings. The van der Waals surface area contributed by atoms with Crippen molar-refractivity contribution in [2.45, 2.75) is 6.92 Å². The highest BCUT2D eigenvalue weighted by Crippen LogP contribution is 2.31. The molecule has 0 aliphatic carbocycles. The number of fused-ring (bicyclic) bond motifs is 1. The lowest BCUT2D eigenvalue weighted by atomic mass is 10.1. The second kappa shape index (κ2) is 4.90. The number of aromatic amines is 1. The molecule has 1 aromatic carbocycles. The van der Waals surface area contributed by atoms with Gasteiger partial charge in [0.2, 0.25) is 0 Å². The zero-order valence-corrected chi connectivity index (χ0v) is 11.1. The van der Waals surface area contributed by atoms with Gasteiger partial charge in [-0.3, -0.25) is 5.10 Å². The third-order valence-corrected chi connectivity index (χ3v) is 3.18. The van der Waals surface area contributed by atoms with Gasteiger partial charge in [-0.25, -0.2) is 4.98 Å². The predicted octanol–water partition coefficient (Wildman–Crippen LogP) is 3.68. The lowest BCUT2D eigenvalue weighted by Crippen LogP contribution is -1.93. The molecule has 4 nitrogen and oxygen atoms in total. The van der Waals surface area contributed by atoms with Gasteiger partial charge in [-0.2, -0.15) is 5.10 Å². The number of hydrogen-bond acceptors (Lipinski definition) is 3. The first-order valence-corrected chi connectivity index (χ1v) is 6.37. The van der Waals surface area contributed by atoms with Gasteiger partial charge in [-0.15, -0.1) is 0 Å². The van der Waals surface area contributed by atoms with Crippen LogP contribution in [0, 0.1) is 0 Å². The number of benzene rings is 1. The molecule has 2 aromatic heterocycles. The van der Waals surface area contributed by atoms with Gasteiger partial charge >= 0.3 is 0 Å². The fourth-order valence-corrected chi connectivity index (χ4v) is 2.20. The number of pyridine rings is 1. The Morgan fingerprint density at radius 3 is 3.00 bits per heavy atom. The van der Waals surface area contributed by atoms with E-state index in [1.807, 2.05) is 31.2 Å². The van der Waals surface area contributed by atoms with Crippen LogP contribution in [0.3, 0.4) is 0 Å². The number of aromatic nitrogens is 3. The molecule has 0 radical (unpaired) electrons. The normalized spacial score (nSPS) is 10.8. The summed E-state index contributed by atoms with van der Waals surface area (Å²) in [6, 6.07) is 7.89. The summed E-state index contributed by atoms with van der Waals surface area (Å²) in [6.45, 7) is 2.54. The van der Waals surface area contributed by atoms with Crippen molar-refractivity contribution < 1.29 is 4.74 Å². The number of halogens is 1. The van der Waals surface area contributed by atoms with E-state index in [1.54, 1.807) is 12.4 Å². The minimum absolute atomic E-state index is 0.464. The largest absolute Gasteiger partial charge is 0.492 e. The average Bonchev–Trinajstić information content (AvgIpc) is 2.88. The molecule has 0 bridgehead atoms. The summed E-state index contributed by atoms with van der Waals surface area (Å²) in [5.41, 5.74) is 2.84. The van der Waals surface area contributed by atoms with E-state index in [0.717, 1.165) is 22.0 Å². The Hall–Kier alpha value is -2.07. The Morgan fingerprint density at radius 2 is 2.16 bits per heavy atom. The lowest BCUT2D eigenvalue weighted by molar-refractivity contribution is 0.339. The van der Waals surface area contributed by atoms with Crippen LogP contribution in [0.15, 0.2) is 36.7 Å². The number of H-pyrrole nitrogens is 1. The highest BCUT2D eigenvalue weighted by molar-refractivity contribution is 6.32. The van der Waals surface area contributed by atoms with Crippen molar-refractivity contribution in [3.05, 3.63) is 41.8 Å². The molecule has 0 fully saturated rings. The summed E-state index contributed by atoms with van der Waals surface area (Å²) in [4.78, 5) is 4.16. The van der Waals surface area contributed by atoms with Crippen molar-refractivity contribution in [3.8, 4) is 16.9 Å². The van der Waals surface area contributed by atoms with Crippen molar-refractivity contribution in [1.82, 2.24) is 15.2 Å². The van der Waals surface area contributed by atoms with Crippen LogP contribution in [0.1, 0.15) is 6.92 Å². The molecule has 0 atom stereocenters. The molecule has 3 rings (SSSR count). The molecule has 0 amide bonds. The topological polar surface area (TPSA) is 50.8 Å². The maximum Gasteiger partial charge on any atom is 0.138 e. The molecule has 0 saturated carbocycles. The lowest BCUT2D eigenvalue weighted by Gasteiger charge is -2.08. The molecule has 0 unspecified atom stereocenters. The molecule has 2 heterocycles. The summed E-state index contributed by atoms with van der Waals surface area (Å²) >= 11 is 6.17. The smallest absolute Gasteiger partial charge is 0.138 e. The molecule has 0 spiro atoms. The standard InChI is InChI=1S/C14H12ClN3O/c1-2-19-11-6-12(14(15)16-8-11)9-3-4-13-10(5-9)7-17-18-13/h3-8H,2H2,1H3,(H,17,18). The second-order valence-electron chi connectivity index (χ2n) is 4.11. The monoisotopic (exact) mass is 273 g/mol. The van der Waals surface area contributed by atoms with E-state index < -0.39 is 0 Å². The maximum atomic E-state index is 6.17. The van der Waals surface area contributed by atoms with Gasteiger partial charge < -0.3 is 4.74 Å². The predicted molar refractivity (Wildman–Crippen MR) is 75.5 cm³/mol. The van der Waals surface area contributed by atoms with Crippen LogP contribution in [-0.2, 0) is 0 Å². The maximum absolute atomic E-state index is 6.17. The van der Waals surface area contributed by atoms with Crippen LogP contribution in [-0.4, -0.2) is 21.8 Å². The van der Waals surface area contributed by atoms with Crippen molar-refractivity contribution in [2.24, 2.45) is 0 Å². The summed E-state index contributed by atoms with van der Waals surface area (Å²) in [5.74, 6) is 0.717. The minimum Gasteiger partial charge on any atom is -0.492 e. The SMILES string of the molecule is CCOc1cnc(Cl)c(-c2ccc3[nH]ncc3c2)c1. The number of hydrogen-bond donors (Lipinski definition) is 1. The van der Waals surface area contributed by atoms with Gasteiger partial charge in [0.25, 0.3) is 0 Å². The van der Waals surface area contributed by atoms with Crippen LogP contribution < -0.4 is 4.74 Å². The third kappa shape index (κ3) is 2.27. The van der Waals surface area contributed by atoms with E-state index in [2.05, 4.69) is 15.2 Å². The quantitative estimate of drug-likeness (QED) is 0.741. The highest BCUT2D eigenvalue weighted by atomic mass is 35.5. The second-order valence-corrected chi connectivity index (χ2v) is 4.47. The summed E-state index contributed by atoms with van der Waals surface area (Å²) in [6.07, 6.45) is 3.41. The highest BCUT2D eigenvalue weighted by Gasteiger charge is 2.08. The molecule has 96 valence electrons. The Balaban J connectivity index is 2.11.